The fourth-order valence-electron chi connectivity index (χ4n) is 2.95. The molecule has 0 aromatic heterocycles. The Balaban J connectivity index is 3.24. The summed E-state index contributed by atoms with van der Waals surface area (Å²) in [4.78, 5) is 0. The zero-order valence-electron chi connectivity index (χ0n) is 13.7. The highest BCUT2D eigenvalue weighted by atomic mass is 19.3. The summed E-state index contributed by atoms with van der Waals surface area (Å²) >= 11 is 0. The fraction of sp³-hybridized carbons (Fsp3) is 0.556. The van der Waals surface area contributed by atoms with Gasteiger partial charge in [0.1, 0.15) is 0 Å². The van der Waals surface area contributed by atoms with E-state index in [0.717, 1.165) is 18.4 Å². The van der Waals surface area contributed by atoms with Gasteiger partial charge in [-0.15, -0.1) is 0 Å². The highest BCUT2D eigenvalue weighted by Crippen LogP contribution is 2.39. The zero-order valence-corrected chi connectivity index (χ0v) is 13.7. The molecule has 1 aromatic rings. The summed E-state index contributed by atoms with van der Waals surface area (Å²) in [7, 11) is 1.69. The molecule has 3 heteroatoms. The Morgan fingerprint density at radius 2 is 1.57 bits per heavy atom. The molecule has 0 amide bonds. The highest BCUT2D eigenvalue weighted by Gasteiger charge is 2.36. The first-order chi connectivity index (χ1) is 9.76. The van der Waals surface area contributed by atoms with Crippen molar-refractivity contribution >= 4 is 0 Å². The number of alkyl halides is 2. The maximum Gasteiger partial charge on any atom is 0.294 e. The van der Waals surface area contributed by atoms with E-state index in [0.29, 0.717) is 0 Å². The summed E-state index contributed by atoms with van der Waals surface area (Å²) < 4.78 is 33.5. The molecule has 0 radical (unpaired) electrons. The van der Waals surface area contributed by atoms with Crippen LogP contribution in [0.25, 0.3) is 0 Å². The molecule has 0 N–H and O–H groups in total. The van der Waals surface area contributed by atoms with Crippen LogP contribution in [0.5, 0.6) is 0 Å². The molecule has 0 bridgehead atoms. The Kier molecular flexibility index (Phi) is 5.68. The highest BCUT2D eigenvalue weighted by molar-refractivity contribution is 5.35. The minimum Gasteiger partial charge on any atom is -0.381 e. The van der Waals surface area contributed by atoms with Gasteiger partial charge in [0.25, 0.3) is 5.92 Å². The van der Waals surface area contributed by atoms with Crippen molar-refractivity contribution in [1.82, 2.24) is 0 Å². The summed E-state index contributed by atoms with van der Waals surface area (Å²) in [6.07, 6.45) is 1.82. The van der Waals surface area contributed by atoms with Crippen LogP contribution in [0.15, 0.2) is 36.4 Å². The van der Waals surface area contributed by atoms with Gasteiger partial charge >= 0.3 is 0 Å². The lowest BCUT2D eigenvalue weighted by atomic mass is 9.71. The standard InChI is InChI=1S/C18H26F2O/c1-7-17(8-2,14(5)21-6)15-9-11-16(12-10-15)18(19,20)13(3)4/h9-12,14H,3,7-8H2,1-2,4-6H3. The first kappa shape index (κ1) is 17.8. The molecule has 0 saturated carbocycles. The van der Waals surface area contributed by atoms with Crippen LogP contribution >= 0.6 is 0 Å². The monoisotopic (exact) mass is 296 g/mol. The predicted octanol–water partition coefficient (Wildman–Crippen LogP) is 5.45. The zero-order chi connectivity index (χ0) is 16.3. The molecule has 0 spiro atoms. The maximum atomic E-state index is 14.0. The Bertz CT molecular complexity index is 472. The Morgan fingerprint density at radius 3 is 1.90 bits per heavy atom. The van der Waals surface area contributed by atoms with Crippen LogP contribution in [0.3, 0.4) is 0 Å². The van der Waals surface area contributed by atoms with E-state index in [1.807, 2.05) is 6.92 Å². The summed E-state index contributed by atoms with van der Waals surface area (Å²) in [5.41, 5.74) is 0.747. The number of hydrogen-bond donors (Lipinski definition) is 0. The first-order valence-corrected chi connectivity index (χ1v) is 7.43. The lowest BCUT2D eigenvalue weighted by Gasteiger charge is -2.37. The molecule has 0 fully saturated rings. The van der Waals surface area contributed by atoms with E-state index < -0.39 is 5.92 Å². The second kappa shape index (κ2) is 6.69. The summed E-state index contributed by atoms with van der Waals surface area (Å²) in [5, 5.41) is 0. The van der Waals surface area contributed by atoms with Crippen molar-refractivity contribution in [2.45, 2.75) is 58.0 Å². The number of allylic oxidation sites excluding steroid dienone is 1. The van der Waals surface area contributed by atoms with Gasteiger partial charge in [-0.3, -0.25) is 0 Å². The van der Waals surface area contributed by atoms with Gasteiger partial charge in [0.05, 0.1) is 6.10 Å². The van der Waals surface area contributed by atoms with Gasteiger partial charge in [-0.25, -0.2) is 0 Å². The van der Waals surface area contributed by atoms with Gasteiger partial charge in [-0.1, -0.05) is 44.7 Å². The van der Waals surface area contributed by atoms with Crippen LogP contribution in [-0.4, -0.2) is 13.2 Å². The molecule has 0 saturated heterocycles. The molecule has 1 nitrogen and oxygen atoms in total. The number of hydrogen-bond acceptors (Lipinski definition) is 1. The van der Waals surface area contributed by atoms with Crippen molar-refractivity contribution in [3.8, 4) is 0 Å². The molecule has 1 atom stereocenters. The van der Waals surface area contributed by atoms with Crippen molar-refractivity contribution in [2.75, 3.05) is 7.11 Å². The van der Waals surface area contributed by atoms with E-state index >= 15 is 0 Å². The van der Waals surface area contributed by atoms with Gasteiger partial charge in [0, 0.05) is 18.1 Å². The number of halogens is 2. The lowest BCUT2D eigenvalue weighted by Crippen LogP contribution is -2.38. The van der Waals surface area contributed by atoms with Crippen molar-refractivity contribution in [1.29, 1.82) is 0 Å². The van der Waals surface area contributed by atoms with Crippen LogP contribution < -0.4 is 0 Å². The summed E-state index contributed by atoms with van der Waals surface area (Å²) in [6.45, 7) is 11.0. The molecule has 21 heavy (non-hydrogen) atoms. The van der Waals surface area contributed by atoms with E-state index in [4.69, 9.17) is 4.74 Å². The Hall–Kier alpha value is -1.22. The molecular formula is C18H26F2O. The average Bonchev–Trinajstić information content (AvgIpc) is 2.49. The van der Waals surface area contributed by atoms with E-state index in [9.17, 15) is 8.78 Å². The fourth-order valence-corrected chi connectivity index (χ4v) is 2.95. The molecular weight excluding hydrogens is 270 g/mol. The summed E-state index contributed by atoms with van der Waals surface area (Å²) in [6, 6.07) is 6.61. The van der Waals surface area contributed by atoms with E-state index in [-0.39, 0.29) is 22.7 Å². The normalized spacial score (nSPS) is 14.0. The van der Waals surface area contributed by atoms with Crippen LogP contribution in [0, 0.1) is 0 Å². The minimum absolute atomic E-state index is 0.00933. The van der Waals surface area contributed by atoms with Crippen molar-refractivity contribution in [3.63, 3.8) is 0 Å². The van der Waals surface area contributed by atoms with Crippen LogP contribution in [-0.2, 0) is 16.1 Å². The molecule has 0 aliphatic carbocycles. The van der Waals surface area contributed by atoms with Gasteiger partial charge in [0.15, 0.2) is 0 Å². The molecule has 1 aromatic carbocycles. The van der Waals surface area contributed by atoms with Crippen molar-refractivity contribution in [2.24, 2.45) is 0 Å². The largest absolute Gasteiger partial charge is 0.381 e. The van der Waals surface area contributed by atoms with Gasteiger partial charge in [0.2, 0.25) is 0 Å². The topological polar surface area (TPSA) is 9.23 Å². The molecule has 0 aliphatic rings. The lowest BCUT2D eigenvalue weighted by molar-refractivity contribution is 0.0370. The third-order valence-electron chi connectivity index (χ3n) is 4.75. The Morgan fingerprint density at radius 1 is 1.14 bits per heavy atom. The molecule has 1 rings (SSSR count). The molecule has 1 unspecified atom stereocenters. The number of rotatable bonds is 7. The second-order valence-electron chi connectivity index (χ2n) is 5.67. The van der Waals surface area contributed by atoms with Crippen LogP contribution in [0.4, 0.5) is 8.78 Å². The SMILES string of the molecule is C=C(C)C(F)(F)c1ccc(C(CC)(CC)C(C)OC)cc1. The number of benzene rings is 1. The number of methoxy groups -OCH3 is 1. The van der Waals surface area contributed by atoms with Gasteiger partial charge in [-0.05, 0) is 37.8 Å². The number of ether oxygens (including phenoxy) is 1. The summed E-state index contributed by atoms with van der Waals surface area (Å²) in [5.74, 6) is -2.98. The maximum absolute atomic E-state index is 14.0. The second-order valence-corrected chi connectivity index (χ2v) is 5.67. The van der Waals surface area contributed by atoms with E-state index in [2.05, 4.69) is 20.4 Å². The smallest absolute Gasteiger partial charge is 0.294 e. The first-order valence-electron chi connectivity index (χ1n) is 7.43. The van der Waals surface area contributed by atoms with E-state index in [1.165, 1.54) is 19.1 Å². The molecule has 0 heterocycles. The molecule has 118 valence electrons. The average molecular weight is 296 g/mol. The minimum atomic E-state index is -2.98. The Labute approximate surface area is 127 Å². The van der Waals surface area contributed by atoms with Gasteiger partial charge in [-0.2, -0.15) is 8.78 Å². The van der Waals surface area contributed by atoms with E-state index in [1.54, 1.807) is 19.2 Å². The quantitative estimate of drug-likeness (QED) is 0.608. The predicted molar refractivity (Wildman–Crippen MR) is 83.9 cm³/mol. The van der Waals surface area contributed by atoms with Crippen LogP contribution in [0.1, 0.15) is 51.7 Å². The van der Waals surface area contributed by atoms with Crippen molar-refractivity contribution in [3.05, 3.63) is 47.5 Å². The third-order valence-corrected chi connectivity index (χ3v) is 4.75. The molecule has 0 aliphatic heterocycles. The van der Waals surface area contributed by atoms with Crippen LogP contribution in [0.2, 0.25) is 0 Å². The van der Waals surface area contributed by atoms with Crippen molar-refractivity contribution < 1.29 is 13.5 Å². The van der Waals surface area contributed by atoms with Gasteiger partial charge < -0.3 is 4.74 Å². The third kappa shape index (κ3) is 3.18.